The molecule has 7 nitrogen and oxygen atoms in total. The smallest absolute Gasteiger partial charge is 0.245 e. The molecule has 4 saturated heterocycles. The van der Waals surface area contributed by atoms with Crippen LogP contribution in [0, 0.1) is 11.8 Å². The molecule has 6 unspecified atom stereocenters. The van der Waals surface area contributed by atoms with Crippen LogP contribution in [-0.2, 0) is 19.1 Å². The molecule has 0 aromatic carbocycles. The highest BCUT2D eigenvalue weighted by atomic mass is 35.5. The van der Waals surface area contributed by atoms with E-state index in [1.165, 1.54) is 4.90 Å². The first-order chi connectivity index (χ1) is 11.5. The second-order valence-electron chi connectivity index (χ2n) is 7.48. The molecule has 8 heteroatoms. The lowest BCUT2D eigenvalue weighted by atomic mass is 9.81. The van der Waals surface area contributed by atoms with Crippen molar-refractivity contribution in [3.63, 3.8) is 0 Å². The molecule has 0 aromatic heterocycles. The van der Waals surface area contributed by atoms with Crippen LogP contribution in [0.25, 0.3) is 0 Å². The van der Waals surface area contributed by atoms with E-state index < -0.39 is 6.04 Å². The Morgan fingerprint density at radius 1 is 1.16 bits per heavy atom. The monoisotopic (exact) mass is 371 g/mol. The van der Waals surface area contributed by atoms with E-state index in [2.05, 4.69) is 5.32 Å². The van der Waals surface area contributed by atoms with E-state index in [1.807, 2.05) is 7.05 Å². The number of hydrogen-bond acceptors (Lipinski definition) is 5. The number of imide groups is 1. The molecule has 0 radical (unpaired) electrons. The second kappa shape index (κ2) is 6.85. The SMILES string of the molecule is CNC1CCCN(C(=O)C(C)N2C(=O)C3C4CCC(O4)C3C2=O)C1.Cl. The number of ether oxygens (including phenoxy) is 1. The molecular formula is C17H26ClN3O4. The Kier molecular flexibility index (Phi) is 5.10. The summed E-state index contributed by atoms with van der Waals surface area (Å²) < 4.78 is 5.74. The van der Waals surface area contributed by atoms with Crippen molar-refractivity contribution < 1.29 is 19.1 Å². The number of rotatable bonds is 3. The van der Waals surface area contributed by atoms with Crippen molar-refractivity contribution in [2.24, 2.45) is 11.8 Å². The Hall–Kier alpha value is -1.18. The minimum atomic E-state index is -0.717. The Morgan fingerprint density at radius 2 is 1.76 bits per heavy atom. The molecule has 4 aliphatic heterocycles. The van der Waals surface area contributed by atoms with E-state index >= 15 is 0 Å². The van der Waals surface area contributed by atoms with Gasteiger partial charge in [-0.15, -0.1) is 12.4 Å². The molecule has 6 atom stereocenters. The van der Waals surface area contributed by atoms with Gasteiger partial charge >= 0.3 is 0 Å². The number of carbonyl (C=O) groups excluding carboxylic acids is 3. The van der Waals surface area contributed by atoms with Crippen molar-refractivity contribution in [3.8, 4) is 0 Å². The minimum Gasteiger partial charge on any atom is -0.373 e. The van der Waals surface area contributed by atoms with Gasteiger partial charge in [0.15, 0.2) is 0 Å². The molecule has 0 spiro atoms. The molecule has 3 amide bonds. The summed E-state index contributed by atoms with van der Waals surface area (Å²) in [4.78, 5) is 41.4. The van der Waals surface area contributed by atoms with Crippen LogP contribution in [0.1, 0.15) is 32.6 Å². The van der Waals surface area contributed by atoms with Gasteiger partial charge in [-0.05, 0) is 39.7 Å². The Morgan fingerprint density at radius 3 is 2.32 bits per heavy atom. The van der Waals surface area contributed by atoms with Gasteiger partial charge in [-0.2, -0.15) is 0 Å². The lowest BCUT2D eigenvalue weighted by Gasteiger charge is -2.36. The van der Waals surface area contributed by atoms with Gasteiger partial charge in [0.1, 0.15) is 6.04 Å². The average Bonchev–Trinajstić information content (AvgIpc) is 3.27. The van der Waals surface area contributed by atoms with Crippen molar-refractivity contribution in [1.29, 1.82) is 0 Å². The van der Waals surface area contributed by atoms with Gasteiger partial charge in [0.25, 0.3) is 0 Å². The number of fused-ring (bicyclic) bond motifs is 5. The standard InChI is InChI=1S/C17H25N3O4.ClH/c1-9(15(21)19-7-3-4-10(8-19)18-2)20-16(22)13-11-5-6-12(24-11)14(13)17(20)23;/h9-14,18H,3-8H2,1-2H3;1H. The average molecular weight is 372 g/mol. The van der Waals surface area contributed by atoms with Crippen LogP contribution < -0.4 is 5.32 Å². The summed E-state index contributed by atoms with van der Waals surface area (Å²) in [5.74, 6) is -1.26. The minimum absolute atomic E-state index is 0. The predicted molar refractivity (Wildman–Crippen MR) is 92.1 cm³/mol. The quantitative estimate of drug-likeness (QED) is 0.715. The maximum absolute atomic E-state index is 12.9. The predicted octanol–water partition coefficient (Wildman–Crippen LogP) is 0.170. The number of hydrogen-bond donors (Lipinski definition) is 1. The summed E-state index contributed by atoms with van der Waals surface area (Å²) in [6, 6.07) is -0.436. The van der Waals surface area contributed by atoms with E-state index in [1.54, 1.807) is 11.8 Å². The van der Waals surface area contributed by atoms with Crippen LogP contribution in [0.5, 0.6) is 0 Å². The summed E-state index contributed by atoms with van der Waals surface area (Å²) in [5.41, 5.74) is 0. The number of amides is 3. The first kappa shape index (κ1) is 18.6. The molecule has 4 rings (SSSR count). The number of nitrogens with zero attached hydrogens (tertiary/aromatic N) is 2. The molecule has 4 aliphatic rings. The van der Waals surface area contributed by atoms with Crippen LogP contribution in [0.2, 0.25) is 0 Å². The maximum atomic E-state index is 12.9. The van der Waals surface area contributed by atoms with E-state index in [4.69, 9.17) is 4.74 Å². The van der Waals surface area contributed by atoms with Gasteiger partial charge in [-0.25, -0.2) is 0 Å². The molecule has 140 valence electrons. The van der Waals surface area contributed by atoms with E-state index in [0.29, 0.717) is 13.1 Å². The fourth-order valence-corrected chi connectivity index (χ4v) is 4.90. The number of nitrogens with one attached hydrogen (secondary N) is 1. The van der Waals surface area contributed by atoms with Crippen molar-refractivity contribution in [2.75, 3.05) is 20.1 Å². The summed E-state index contributed by atoms with van der Waals surface area (Å²) in [6.45, 7) is 3.01. The fraction of sp³-hybridized carbons (Fsp3) is 0.824. The van der Waals surface area contributed by atoms with Gasteiger partial charge in [-0.3, -0.25) is 19.3 Å². The Bertz CT molecular complexity index is 558. The van der Waals surface area contributed by atoms with Crippen molar-refractivity contribution in [3.05, 3.63) is 0 Å². The molecule has 0 aliphatic carbocycles. The largest absolute Gasteiger partial charge is 0.373 e. The molecule has 4 heterocycles. The molecule has 0 saturated carbocycles. The van der Waals surface area contributed by atoms with Crippen LogP contribution in [0.15, 0.2) is 0 Å². The molecule has 4 fully saturated rings. The third kappa shape index (κ3) is 2.76. The summed E-state index contributed by atoms with van der Waals surface area (Å²) in [5, 5.41) is 3.21. The van der Waals surface area contributed by atoms with Crippen LogP contribution >= 0.6 is 12.4 Å². The van der Waals surface area contributed by atoms with Gasteiger partial charge in [0.2, 0.25) is 17.7 Å². The van der Waals surface area contributed by atoms with Gasteiger partial charge in [-0.1, -0.05) is 0 Å². The number of halogens is 1. The zero-order chi connectivity index (χ0) is 17.0. The summed E-state index contributed by atoms with van der Waals surface area (Å²) >= 11 is 0. The highest BCUT2D eigenvalue weighted by Crippen LogP contribution is 2.48. The van der Waals surface area contributed by atoms with Gasteiger partial charge in [0, 0.05) is 19.1 Å². The van der Waals surface area contributed by atoms with Crippen molar-refractivity contribution in [1.82, 2.24) is 15.1 Å². The second-order valence-corrected chi connectivity index (χ2v) is 7.48. The topological polar surface area (TPSA) is 79.0 Å². The maximum Gasteiger partial charge on any atom is 0.245 e. The zero-order valence-electron chi connectivity index (χ0n) is 14.6. The molecule has 25 heavy (non-hydrogen) atoms. The summed E-state index contributed by atoms with van der Waals surface area (Å²) in [6.07, 6.45) is 3.41. The molecule has 0 aromatic rings. The van der Waals surface area contributed by atoms with Crippen LogP contribution in [0.3, 0.4) is 0 Å². The van der Waals surface area contributed by atoms with Gasteiger partial charge < -0.3 is 15.0 Å². The Labute approximate surface area is 153 Å². The first-order valence-electron chi connectivity index (χ1n) is 9.01. The van der Waals surface area contributed by atoms with E-state index in [9.17, 15) is 14.4 Å². The molecular weight excluding hydrogens is 346 g/mol. The zero-order valence-corrected chi connectivity index (χ0v) is 15.5. The molecule has 2 bridgehead atoms. The highest BCUT2D eigenvalue weighted by Gasteiger charge is 2.63. The Balaban J connectivity index is 0.00000182. The normalized spacial score (nSPS) is 37.9. The van der Waals surface area contributed by atoms with Gasteiger partial charge in [0.05, 0.1) is 24.0 Å². The number of carbonyl (C=O) groups is 3. The van der Waals surface area contributed by atoms with E-state index in [0.717, 1.165) is 25.7 Å². The highest BCUT2D eigenvalue weighted by molar-refractivity contribution is 6.09. The third-order valence-corrected chi connectivity index (χ3v) is 6.20. The van der Waals surface area contributed by atoms with Crippen LogP contribution in [-0.4, -0.2) is 72.0 Å². The number of piperidine rings is 1. The van der Waals surface area contributed by atoms with Crippen LogP contribution in [0.4, 0.5) is 0 Å². The van der Waals surface area contributed by atoms with E-state index in [-0.39, 0.29) is 60.2 Å². The first-order valence-corrected chi connectivity index (χ1v) is 9.01. The molecule has 1 N–H and O–H groups in total. The number of likely N-dealkylation sites (tertiary alicyclic amines) is 2. The lowest BCUT2D eigenvalue weighted by Crippen LogP contribution is -2.54. The fourth-order valence-electron chi connectivity index (χ4n) is 4.90. The van der Waals surface area contributed by atoms with Crippen molar-refractivity contribution >= 4 is 30.1 Å². The lowest BCUT2D eigenvalue weighted by molar-refractivity contribution is -0.153. The summed E-state index contributed by atoms with van der Waals surface area (Å²) in [7, 11) is 1.90. The van der Waals surface area contributed by atoms with Crippen molar-refractivity contribution in [2.45, 2.75) is 56.9 Å². The number of likely N-dealkylation sites (N-methyl/N-ethyl adjacent to an activating group) is 1. The third-order valence-electron chi connectivity index (χ3n) is 6.20.